The highest BCUT2D eigenvalue weighted by atomic mass is 35.5. The lowest BCUT2D eigenvalue weighted by Gasteiger charge is -2.18. The number of halogens is 2. The molecule has 1 heterocycles. The molecule has 1 aromatic carbocycles. The van der Waals surface area contributed by atoms with E-state index in [0.29, 0.717) is 5.02 Å². The fourth-order valence-corrected chi connectivity index (χ4v) is 2.58. The third kappa shape index (κ3) is 3.95. The van der Waals surface area contributed by atoms with E-state index >= 15 is 0 Å². The van der Waals surface area contributed by atoms with Crippen molar-refractivity contribution in [2.24, 2.45) is 0 Å². The Kier molecular flexibility index (Phi) is 5.41. The van der Waals surface area contributed by atoms with Gasteiger partial charge in [-0.25, -0.2) is 0 Å². The number of nitrogens with zero attached hydrogens (tertiary/aromatic N) is 1. The number of hydrogen-bond donors (Lipinski definition) is 1. The van der Waals surface area contributed by atoms with Crippen molar-refractivity contribution in [3.63, 3.8) is 0 Å². The number of rotatable bonds is 5. The molecule has 2 nitrogen and oxygen atoms in total. The van der Waals surface area contributed by atoms with Crippen LogP contribution in [-0.2, 0) is 6.42 Å². The summed E-state index contributed by atoms with van der Waals surface area (Å²) in [4.78, 5) is 4.40. The van der Waals surface area contributed by atoms with E-state index in [9.17, 15) is 0 Å². The van der Waals surface area contributed by atoms with E-state index in [1.807, 2.05) is 25.1 Å². The van der Waals surface area contributed by atoms with Gasteiger partial charge in [-0.15, -0.1) is 0 Å². The summed E-state index contributed by atoms with van der Waals surface area (Å²) in [6, 6.07) is 10.1. The van der Waals surface area contributed by atoms with Gasteiger partial charge in [-0.05, 0) is 49.2 Å². The molecule has 0 aliphatic heterocycles. The van der Waals surface area contributed by atoms with Crippen molar-refractivity contribution in [1.29, 1.82) is 0 Å². The summed E-state index contributed by atoms with van der Waals surface area (Å²) < 4.78 is 0. The Morgan fingerprint density at radius 1 is 1.20 bits per heavy atom. The predicted octanol–water partition coefficient (Wildman–Crippen LogP) is 4.59. The van der Waals surface area contributed by atoms with Crippen molar-refractivity contribution in [2.45, 2.75) is 26.3 Å². The third-order valence-corrected chi connectivity index (χ3v) is 3.77. The van der Waals surface area contributed by atoms with Gasteiger partial charge < -0.3 is 5.32 Å². The molecule has 106 valence electrons. The van der Waals surface area contributed by atoms with Gasteiger partial charge in [0, 0.05) is 11.2 Å². The Bertz CT molecular complexity index is 567. The van der Waals surface area contributed by atoms with Crippen LogP contribution in [0.3, 0.4) is 0 Å². The minimum absolute atomic E-state index is 0.137. The highest BCUT2D eigenvalue weighted by Crippen LogP contribution is 2.24. The summed E-state index contributed by atoms with van der Waals surface area (Å²) in [5.74, 6) is 0. The zero-order chi connectivity index (χ0) is 14.5. The number of aryl methyl sites for hydroxylation is 1. The molecule has 0 radical (unpaired) electrons. The average Bonchev–Trinajstić information content (AvgIpc) is 2.42. The van der Waals surface area contributed by atoms with E-state index in [-0.39, 0.29) is 6.04 Å². The van der Waals surface area contributed by atoms with Crippen LogP contribution in [0.5, 0.6) is 0 Å². The summed E-state index contributed by atoms with van der Waals surface area (Å²) in [6.07, 6.45) is 2.49. The fraction of sp³-hybridized carbons (Fsp3) is 0.312. The Labute approximate surface area is 130 Å². The second-order valence-electron chi connectivity index (χ2n) is 4.81. The summed E-state index contributed by atoms with van der Waals surface area (Å²) in [5, 5.41) is 4.90. The van der Waals surface area contributed by atoms with Crippen LogP contribution in [0, 0.1) is 6.92 Å². The van der Waals surface area contributed by atoms with E-state index < -0.39 is 0 Å². The lowest BCUT2D eigenvalue weighted by Crippen LogP contribution is -2.24. The van der Waals surface area contributed by atoms with Crippen LogP contribution in [0.2, 0.25) is 10.0 Å². The van der Waals surface area contributed by atoms with Gasteiger partial charge in [0.25, 0.3) is 0 Å². The second kappa shape index (κ2) is 7.07. The molecule has 0 saturated carbocycles. The Balaban J connectivity index is 2.22. The minimum atomic E-state index is 0.137. The molecule has 1 N–H and O–H groups in total. The standard InChI is InChI=1S/C16H18Cl2N2/c1-3-19-16(15-7-6-13(17)10-20-15)9-12-5-4-11(2)8-14(12)18/h4-8,10,16,19H,3,9H2,1-2H3. The number of nitrogens with one attached hydrogen (secondary N) is 1. The number of benzene rings is 1. The van der Waals surface area contributed by atoms with Crippen LogP contribution in [-0.4, -0.2) is 11.5 Å². The van der Waals surface area contributed by atoms with Crippen LogP contribution in [0.25, 0.3) is 0 Å². The topological polar surface area (TPSA) is 24.9 Å². The normalized spacial score (nSPS) is 12.4. The first-order valence-electron chi connectivity index (χ1n) is 6.70. The van der Waals surface area contributed by atoms with Gasteiger partial charge in [-0.2, -0.15) is 0 Å². The first-order chi connectivity index (χ1) is 9.60. The highest BCUT2D eigenvalue weighted by molar-refractivity contribution is 6.31. The number of hydrogen-bond acceptors (Lipinski definition) is 2. The molecule has 0 saturated heterocycles. The van der Waals surface area contributed by atoms with Gasteiger partial charge in [0.1, 0.15) is 0 Å². The maximum atomic E-state index is 6.32. The van der Waals surface area contributed by atoms with Gasteiger partial charge >= 0.3 is 0 Å². The lowest BCUT2D eigenvalue weighted by molar-refractivity contribution is 0.537. The highest BCUT2D eigenvalue weighted by Gasteiger charge is 2.14. The van der Waals surface area contributed by atoms with Crippen LogP contribution in [0.1, 0.15) is 29.8 Å². The minimum Gasteiger partial charge on any atom is -0.309 e. The zero-order valence-electron chi connectivity index (χ0n) is 11.7. The first kappa shape index (κ1) is 15.3. The molecule has 0 fully saturated rings. The summed E-state index contributed by atoms with van der Waals surface area (Å²) in [5.41, 5.74) is 3.27. The molecular weight excluding hydrogens is 291 g/mol. The largest absolute Gasteiger partial charge is 0.309 e. The molecule has 20 heavy (non-hydrogen) atoms. The maximum Gasteiger partial charge on any atom is 0.0589 e. The predicted molar refractivity (Wildman–Crippen MR) is 85.6 cm³/mol. The molecule has 1 unspecified atom stereocenters. The Hall–Kier alpha value is -1.09. The van der Waals surface area contributed by atoms with Crippen molar-refractivity contribution in [3.05, 3.63) is 63.4 Å². The summed E-state index contributed by atoms with van der Waals surface area (Å²) >= 11 is 12.2. The van der Waals surface area contributed by atoms with Crippen molar-refractivity contribution in [1.82, 2.24) is 10.3 Å². The van der Waals surface area contributed by atoms with E-state index in [1.165, 1.54) is 5.56 Å². The number of aromatic nitrogens is 1. The molecular formula is C16H18Cl2N2. The smallest absolute Gasteiger partial charge is 0.0589 e. The molecule has 0 aliphatic carbocycles. The first-order valence-corrected chi connectivity index (χ1v) is 7.45. The molecule has 0 aliphatic rings. The van der Waals surface area contributed by atoms with Crippen LogP contribution in [0.15, 0.2) is 36.5 Å². The quantitative estimate of drug-likeness (QED) is 0.874. The van der Waals surface area contributed by atoms with Crippen molar-refractivity contribution in [3.8, 4) is 0 Å². The van der Waals surface area contributed by atoms with E-state index in [4.69, 9.17) is 23.2 Å². The van der Waals surface area contributed by atoms with Gasteiger partial charge in [-0.1, -0.05) is 42.3 Å². The monoisotopic (exact) mass is 308 g/mol. The van der Waals surface area contributed by atoms with Crippen LogP contribution >= 0.6 is 23.2 Å². The lowest BCUT2D eigenvalue weighted by atomic mass is 10.0. The molecule has 0 spiro atoms. The van der Waals surface area contributed by atoms with Crippen LogP contribution in [0.4, 0.5) is 0 Å². The van der Waals surface area contributed by atoms with Gasteiger partial charge in [0.05, 0.1) is 16.8 Å². The van der Waals surface area contributed by atoms with Crippen molar-refractivity contribution < 1.29 is 0 Å². The Morgan fingerprint density at radius 3 is 2.60 bits per heavy atom. The van der Waals surface area contributed by atoms with Crippen molar-refractivity contribution >= 4 is 23.2 Å². The van der Waals surface area contributed by atoms with Gasteiger partial charge in [-0.3, -0.25) is 4.98 Å². The molecule has 0 bridgehead atoms. The Morgan fingerprint density at radius 2 is 2.00 bits per heavy atom. The molecule has 4 heteroatoms. The number of pyridine rings is 1. The molecule has 0 amide bonds. The van der Waals surface area contributed by atoms with E-state index in [0.717, 1.165) is 29.2 Å². The van der Waals surface area contributed by atoms with Crippen LogP contribution < -0.4 is 5.32 Å². The summed E-state index contributed by atoms with van der Waals surface area (Å²) in [7, 11) is 0. The SMILES string of the molecule is CCNC(Cc1ccc(C)cc1Cl)c1ccc(Cl)cn1. The van der Waals surface area contributed by atoms with Gasteiger partial charge in [0.15, 0.2) is 0 Å². The second-order valence-corrected chi connectivity index (χ2v) is 5.65. The molecule has 1 aromatic heterocycles. The zero-order valence-corrected chi connectivity index (χ0v) is 13.2. The van der Waals surface area contributed by atoms with Gasteiger partial charge in [0.2, 0.25) is 0 Å². The maximum absolute atomic E-state index is 6.32. The molecule has 2 aromatic rings. The molecule has 2 rings (SSSR count). The van der Waals surface area contributed by atoms with E-state index in [2.05, 4.69) is 29.4 Å². The van der Waals surface area contributed by atoms with E-state index in [1.54, 1.807) is 6.20 Å². The van der Waals surface area contributed by atoms with Crippen molar-refractivity contribution in [2.75, 3.05) is 6.54 Å². The molecule has 1 atom stereocenters. The number of likely N-dealkylation sites (N-methyl/N-ethyl adjacent to an activating group) is 1. The fourth-order valence-electron chi connectivity index (χ4n) is 2.16. The summed E-state index contributed by atoms with van der Waals surface area (Å²) in [6.45, 7) is 5.00. The average molecular weight is 309 g/mol. The third-order valence-electron chi connectivity index (χ3n) is 3.19.